The molecule has 4 aliphatic rings. The molecule has 4 aliphatic heterocycles. The molecular formula is C11H14N2O2. The van der Waals surface area contributed by atoms with Gasteiger partial charge in [0.2, 0.25) is 5.88 Å². The molecule has 0 aromatic heterocycles. The highest BCUT2D eigenvalue weighted by molar-refractivity contribution is 5.17. The molecule has 1 N–H and O–H groups in total. The van der Waals surface area contributed by atoms with E-state index in [0.717, 1.165) is 6.54 Å². The molecule has 3 fully saturated rings. The van der Waals surface area contributed by atoms with Crippen LogP contribution in [0.2, 0.25) is 0 Å². The van der Waals surface area contributed by atoms with Gasteiger partial charge in [-0.1, -0.05) is 6.42 Å². The van der Waals surface area contributed by atoms with E-state index >= 15 is 0 Å². The van der Waals surface area contributed by atoms with E-state index in [1.165, 1.54) is 25.9 Å². The maximum atomic E-state index is 5.68. The molecule has 0 aliphatic carbocycles. The highest BCUT2D eigenvalue weighted by Crippen LogP contribution is 2.41. The van der Waals surface area contributed by atoms with Gasteiger partial charge in [-0.15, -0.1) is 0 Å². The predicted molar refractivity (Wildman–Crippen MR) is 54.1 cm³/mol. The van der Waals surface area contributed by atoms with Gasteiger partial charge >= 0.3 is 0 Å². The molecule has 1 spiro atoms. The normalized spacial score (nSPS) is 42.2. The maximum absolute atomic E-state index is 5.68. The second-order valence-electron chi connectivity index (χ2n) is 4.44. The van der Waals surface area contributed by atoms with Crippen LogP contribution in [0.3, 0.4) is 0 Å². The molecule has 0 saturated carbocycles. The summed E-state index contributed by atoms with van der Waals surface area (Å²) in [5, 5.41) is 0. The molecule has 0 radical (unpaired) electrons. The molecule has 4 heterocycles. The number of nitrogens with zero attached hydrogens (tertiary/aromatic N) is 1. The van der Waals surface area contributed by atoms with Crippen LogP contribution in [0.15, 0.2) is 12.0 Å². The average molecular weight is 206 g/mol. The molecule has 4 heteroatoms. The number of nitrogens with one attached hydrogen (secondary N) is 1. The highest BCUT2D eigenvalue weighted by atomic mass is 16.7. The van der Waals surface area contributed by atoms with Crippen LogP contribution in [0.5, 0.6) is 0 Å². The molecule has 3 saturated heterocycles. The second-order valence-corrected chi connectivity index (χ2v) is 4.44. The minimum Gasteiger partial charge on any atom is -0.388 e. The Bertz CT molecular complexity index is 339. The van der Waals surface area contributed by atoms with Crippen molar-refractivity contribution in [1.82, 2.24) is 10.4 Å². The monoisotopic (exact) mass is 206 g/mol. The molecule has 1 unspecified atom stereocenters. The number of piperidine rings is 3. The summed E-state index contributed by atoms with van der Waals surface area (Å²) >= 11 is 0. The van der Waals surface area contributed by atoms with Crippen LogP contribution in [-0.2, 0) is 9.57 Å². The summed E-state index contributed by atoms with van der Waals surface area (Å²) in [5.74, 6) is 1.15. The number of terminal acetylenes is 1. The second kappa shape index (κ2) is 3.16. The predicted octanol–water partition coefficient (Wildman–Crippen LogP) is 0.434. The van der Waals surface area contributed by atoms with Gasteiger partial charge in [0, 0.05) is 12.6 Å². The minimum atomic E-state index is -0.206. The number of hydrogen-bond acceptors (Lipinski definition) is 4. The topological polar surface area (TPSA) is 33.7 Å². The van der Waals surface area contributed by atoms with Gasteiger partial charge < -0.3 is 4.74 Å². The molecule has 4 rings (SSSR count). The van der Waals surface area contributed by atoms with E-state index in [1.54, 1.807) is 0 Å². The standard InChI is InChI=1S/C11H14N2O2/c1-2-14-10-7-11(15-12-10)8-13-5-3-9(11)4-6-13/h1,7,9,12H,3-6,8H2. The Hall–Kier alpha value is -1.18. The summed E-state index contributed by atoms with van der Waals surface area (Å²) in [5.41, 5.74) is 2.57. The highest BCUT2D eigenvalue weighted by Gasteiger charge is 2.50. The van der Waals surface area contributed by atoms with Crippen LogP contribution < -0.4 is 5.48 Å². The Labute approximate surface area is 89.2 Å². The fourth-order valence-electron chi connectivity index (χ4n) is 2.88. The summed E-state index contributed by atoms with van der Waals surface area (Å²) in [6.07, 6.45) is 11.6. The van der Waals surface area contributed by atoms with Gasteiger partial charge in [-0.25, -0.2) is 5.48 Å². The molecule has 80 valence electrons. The van der Waals surface area contributed by atoms with Crippen LogP contribution in [0.1, 0.15) is 12.8 Å². The quantitative estimate of drug-likeness (QED) is 0.631. The molecule has 2 bridgehead atoms. The number of ether oxygens (including phenoxy) is 1. The lowest BCUT2D eigenvalue weighted by Crippen LogP contribution is -2.58. The maximum Gasteiger partial charge on any atom is 0.227 e. The van der Waals surface area contributed by atoms with Gasteiger partial charge in [-0.2, -0.15) is 0 Å². The van der Waals surface area contributed by atoms with E-state index in [-0.39, 0.29) is 5.60 Å². The third kappa shape index (κ3) is 1.31. The molecule has 1 atom stereocenters. The van der Waals surface area contributed by atoms with Crippen LogP contribution in [-0.4, -0.2) is 30.1 Å². The lowest BCUT2D eigenvalue weighted by Gasteiger charge is -2.48. The number of hydroxylamine groups is 1. The Morgan fingerprint density at radius 2 is 2.40 bits per heavy atom. The van der Waals surface area contributed by atoms with E-state index in [0.29, 0.717) is 11.8 Å². The first kappa shape index (κ1) is 9.08. The zero-order chi connectivity index (χ0) is 10.3. The number of fused-ring (bicyclic) bond motifs is 2. The van der Waals surface area contributed by atoms with Crippen molar-refractivity contribution in [3.8, 4) is 12.5 Å². The van der Waals surface area contributed by atoms with Crippen molar-refractivity contribution < 1.29 is 9.57 Å². The van der Waals surface area contributed by atoms with Crippen molar-refractivity contribution in [3.63, 3.8) is 0 Å². The minimum absolute atomic E-state index is 0.206. The summed E-state index contributed by atoms with van der Waals surface area (Å²) in [6.45, 7) is 3.33. The SMILES string of the molecule is C#COC1=CC2(CN3CCC2CC3)ON1. The van der Waals surface area contributed by atoms with Crippen LogP contribution in [0.25, 0.3) is 0 Å². The third-order valence-electron chi connectivity index (χ3n) is 3.64. The van der Waals surface area contributed by atoms with Crippen LogP contribution in [0.4, 0.5) is 0 Å². The largest absolute Gasteiger partial charge is 0.388 e. The Kier molecular flexibility index (Phi) is 1.91. The summed E-state index contributed by atoms with van der Waals surface area (Å²) in [7, 11) is 0. The van der Waals surface area contributed by atoms with Crippen LogP contribution >= 0.6 is 0 Å². The van der Waals surface area contributed by atoms with Crippen molar-refractivity contribution in [2.45, 2.75) is 18.4 Å². The third-order valence-corrected chi connectivity index (χ3v) is 3.64. The van der Waals surface area contributed by atoms with E-state index in [2.05, 4.69) is 16.5 Å². The molecule has 15 heavy (non-hydrogen) atoms. The molecule has 0 amide bonds. The Balaban J connectivity index is 1.84. The fourth-order valence-corrected chi connectivity index (χ4v) is 2.88. The zero-order valence-corrected chi connectivity index (χ0v) is 8.53. The van der Waals surface area contributed by atoms with E-state index in [9.17, 15) is 0 Å². The lowest BCUT2D eigenvalue weighted by molar-refractivity contribution is -0.141. The van der Waals surface area contributed by atoms with E-state index in [4.69, 9.17) is 16.0 Å². The summed E-state index contributed by atoms with van der Waals surface area (Å²) in [4.78, 5) is 8.10. The Morgan fingerprint density at radius 1 is 1.60 bits per heavy atom. The molecular weight excluding hydrogens is 192 g/mol. The van der Waals surface area contributed by atoms with E-state index < -0.39 is 0 Å². The molecule has 0 aromatic carbocycles. The van der Waals surface area contributed by atoms with Gasteiger partial charge in [-0.3, -0.25) is 9.74 Å². The van der Waals surface area contributed by atoms with Crippen molar-refractivity contribution in [3.05, 3.63) is 12.0 Å². The fraction of sp³-hybridized carbons (Fsp3) is 0.636. The molecule has 4 nitrogen and oxygen atoms in total. The first-order chi connectivity index (χ1) is 7.32. The van der Waals surface area contributed by atoms with Gasteiger partial charge in [-0.05, 0) is 31.8 Å². The number of rotatable bonds is 1. The average Bonchev–Trinajstić information content (AvgIpc) is 2.64. The van der Waals surface area contributed by atoms with E-state index in [1.807, 2.05) is 6.08 Å². The number of hydrogen-bond donors (Lipinski definition) is 1. The summed E-state index contributed by atoms with van der Waals surface area (Å²) in [6, 6.07) is 0. The van der Waals surface area contributed by atoms with Crippen molar-refractivity contribution in [2.24, 2.45) is 5.92 Å². The van der Waals surface area contributed by atoms with Gasteiger partial charge in [0.1, 0.15) is 11.7 Å². The van der Waals surface area contributed by atoms with Crippen LogP contribution in [0, 0.1) is 18.4 Å². The first-order valence-corrected chi connectivity index (χ1v) is 5.34. The first-order valence-electron chi connectivity index (χ1n) is 5.34. The van der Waals surface area contributed by atoms with Gasteiger partial charge in [0.15, 0.2) is 0 Å². The lowest BCUT2D eigenvalue weighted by atomic mass is 9.75. The Morgan fingerprint density at radius 3 is 3.00 bits per heavy atom. The zero-order valence-electron chi connectivity index (χ0n) is 8.53. The van der Waals surface area contributed by atoms with Gasteiger partial charge in [0.05, 0.1) is 0 Å². The molecule has 0 aromatic rings. The smallest absolute Gasteiger partial charge is 0.227 e. The summed E-state index contributed by atoms with van der Waals surface area (Å²) < 4.78 is 4.97. The van der Waals surface area contributed by atoms with Crippen molar-refractivity contribution in [1.29, 1.82) is 0 Å². The van der Waals surface area contributed by atoms with Gasteiger partial charge in [0.25, 0.3) is 0 Å². The van der Waals surface area contributed by atoms with Crippen molar-refractivity contribution >= 4 is 0 Å². The van der Waals surface area contributed by atoms with Crippen molar-refractivity contribution in [2.75, 3.05) is 19.6 Å².